The second kappa shape index (κ2) is 7.04. The third kappa shape index (κ3) is 3.92. The van der Waals surface area contributed by atoms with E-state index in [1.54, 1.807) is 37.3 Å². The molecule has 0 saturated carbocycles. The molecule has 3 nitrogen and oxygen atoms in total. The maximum atomic E-state index is 13.7. The lowest BCUT2D eigenvalue weighted by molar-refractivity contribution is 0.211. The van der Waals surface area contributed by atoms with Gasteiger partial charge in [0.15, 0.2) is 11.6 Å². The van der Waals surface area contributed by atoms with Crippen molar-refractivity contribution in [1.29, 1.82) is 0 Å². The van der Waals surface area contributed by atoms with Gasteiger partial charge in [0, 0.05) is 0 Å². The van der Waals surface area contributed by atoms with Gasteiger partial charge in [-0.05, 0) is 30.7 Å². The topological polar surface area (TPSA) is 44.5 Å². The summed E-state index contributed by atoms with van der Waals surface area (Å²) < 4.78 is 24.7. The molecule has 0 aliphatic rings. The molecule has 0 unspecified atom stereocenters. The van der Waals surface area contributed by atoms with Gasteiger partial charge in [-0.25, -0.2) is 4.39 Å². The lowest BCUT2D eigenvalue weighted by atomic mass is 10.2. The molecule has 110 valence electrons. The first-order valence-electron chi connectivity index (χ1n) is 6.49. The van der Waals surface area contributed by atoms with E-state index in [-0.39, 0.29) is 29.8 Å². The van der Waals surface area contributed by atoms with Crippen molar-refractivity contribution in [2.24, 2.45) is 5.73 Å². The first-order chi connectivity index (χ1) is 10.1. The van der Waals surface area contributed by atoms with E-state index in [9.17, 15) is 4.39 Å². The molecular formula is C16H16FNO2S. The number of hydrogen-bond acceptors (Lipinski definition) is 3. The first kappa shape index (κ1) is 15.3. The summed E-state index contributed by atoms with van der Waals surface area (Å²) in [6.45, 7) is 2.19. The van der Waals surface area contributed by atoms with Crippen molar-refractivity contribution < 1.29 is 13.9 Å². The molecule has 2 aromatic carbocycles. The Morgan fingerprint density at radius 3 is 2.38 bits per heavy atom. The molecule has 0 amide bonds. The second-order valence-electron chi connectivity index (χ2n) is 4.44. The van der Waals surface area contributed by atoms with Crippen LogP contribution in [0.4, 0.5) is 4.39 Å². The lowest BCUT2D eigenvalue weighted by Gasteiger charge is -2.12. The Kier molecular flexibility index (Phi) is 5.11. The van der Waals surface area contributed by atoms with Crippen molar-refractivity contribution in [1.82, 2.24) is 0 Å². The second-order valence-corrected chi connectivity index (χ2v) is 4.88. The van der Waals surface area contributed by atoms with E-state index in [0.717, 1.165) is 0 Å². The predicted molar refractivity (Wildman–Crippen MR) is 84.5 cm³/mol. The highest BCUT2D eigenvalue weighted by molar-refractivity contribution is 7.80. The van der Waals surface area contributed by atoms with Gasteiger partial charge in [-0.1, -0.05) is 36.5 Å². The van der Waals surface area contributed by atoms with Crippen LogP contribution in [0.3, 0.4) is 0 Å². The maximum Gasteiger partial charge on any atom is 0.167 e. The number of rotatable bonds is 6. The van der Waals surface area contributed by atoms with Crippen LogP contribution in [-0.2, 0) is 0 Å². The zero-order valence-corrected chi connectivity index (χ0v) is 12.5. The van der Waals surface area contributed by atoms with Crippen LogP contribution in [-0.4, -0.2) is 18.2 Å². The quantitative estimate of drug-likeness (QED) is 0.657. The Bertz CT molecular complexity index is 646. The molecule has 0 spiro atoms. The van der Waals surface area contributed by atoms with E-state index >= 15 is 0 Å². The van der Waals surface area contributed by atoms with Crippen LogP contribution in [0, 0.1) is 12.7 Å². The fourth-order valence-electron chi connectivity index (χ4n) is 1.83. The van der Waals surface area contributed by atoms with E-state index in [0.29, 0.717) is 16.9 Å². The van der Waals surface area contributed by atoms with Gasteiger partial charge in [0.25, 0.3) is 0 Å². The van der Waals surface area contributed by atoms with Crippen LogP contribution < -0.4 is 15.2 Å². The number of hydrogen-bond donors (Lipinski definition) is 1. The normalized spacial score (nSPS) is 10.2. The lowest BCUT2D eigenvalue weighted by Crippen LogP contribution is -2.14. The Morgan fingerprint density at radius 2 is 1.67 bits per heavy atom. The number of para-hydroxylation sites is 1. The van der Waals surface area contributed by atoms with Gasteiger partial charge in [-0.2, -0.15) is 0 Å². The van der Waals surface area contributed by atoms with E-state index in [1.807, 2.05) is 12.1 Å². The van der Waals surface area contributed by atoms with Crippen LogP contribution in [0.25, 0.3) is 0 Å². The molecule has 21 heavy (non-hydrogen) atoms. The van der Waals surface area contributed by atoms with Gasteiger partial charge in [-0.15, -0.1) is 0 Å². The Labute approximate surface area is 128 Å². The molecule has 0 aliphatic carbocycles. The standard InChI is InChI=1S/C16H16FNO2S/c1-11-5-4-8-14(15(11)17)20-10-9-19-13-7-3-2-6-12(13)16(18)21/h2-8H,9-10H2,1H3,(H2,18,21). The molecule has 0 aromatic heterocycles. The molecule has 0 saturated heterocycles. The molecule has 0 aliphatic heterocycles. The van der Waals surface area contributed by atoms with Gasteiger partial charge in [-0.3, -0.25) is 0 Å². The average molecular weight is 305 g/mol. The van der Waals surface area contributed by atoms with Gasteiger partial charge in [0.2, 0.25) is 0 Å². The van der Waals surface area contributed by atoms with Crippen molar-refractivity contribution in [3.8, 4) is 11.5 Å². The van der Waals surface area contributed by atoms with Crippen molar-refractivity contribution in [2.75, 3.05) is 13.2 Å². The molecule has 0 radical (unpaired) electrons. The average Bonchev–Trinajstić information content (AvgIpc) is 2.48. The SMILES string of the molecule is Cc1cccc(OCCOc2ccccc2C(N)=S)c1F. The fourth-order valence-corrected chi connectivity index (χ4v) is 2.00. The van der Waals surface area contributed by atoms with Crippen LogP contribution in [0.5, 0.6) is 11.5 Å². The van der Waals surface area contributed by atoms with Crippen LogP contribution in [0.1, 0.15) is 11.1 Å². The zero-order valence-electron chi connectivity index (χ0n) is 11.6. The summed E-state index contributed by atoms with van der Waals surface area (Å²) >= 11 is 4.95. The molecule has 0 fully saturated rings. The highest BCUT2D eigenvalue weighted by Gasteiger charge is 2.07. The number of halogens is 1. The van der Waals surface area contributed by atoms with Crippen LogP contribution in [0.2, 0.25) is 0 Å². The third-order valence-electron chi connectivity index (χ3n) is 2.91. The number of nitrogens with two attached hydrogens (primary N) is 1. The Hall–Kier alpha value is -2.14. The van der Waals surface area contributed by atoms with E-state index in [4.69, 9.17) is 27.4 Å². The maximum absolute atomic E-state index is 13.7. The molecule has 2 aromatic rings. The summed E-state index contributed by atoms with van der Waals surface area (Å²) in [5.41, 5.74) is 6.84. The number of benzene rings is 2. The van der Waals surface area contributed by atoms with E-state index in [1.165, 1.54) is 0 Å². The Balaban J connectivity index is 1.91. The molecule has 5 heteroatoms. The minimum atomic E-state index is -0.346. The van der Waals surface area contributed by atoms with Gasteiger partial charge in [0.1, 0.15) is 24.0 Å². The van der Waals surface area contributed by atoms with Crippen LogP contribution in [0.15, 0.2) is 42.5 Å². The largest absolute Gasteiger partial charge is 0.489 e. The molecule has 2 rings (SSSR count). The smallest absolute Gasteiger partial charge is 0.167 e. The summed E-state index contributed by atoms with van der Waals surface area (Å²) in [5, 5.41) is 0. The number of ether oxygens (including phenoxy) is 2. The minimum absolute atomic E-state index is 0.223. The molecule has 0 atom stereocenters. The third-order valence-corrected chi connectivity index (χ3v) is 3.13. The molecule has 0 heterocycles. The van der Waals surface area contributed by atoms with Gasteiger partial charge in [0.05, 0.1) is 5.56 Å². The number of thiocarbonyl (C=S) groups is 1. The van der Waals surface area contributed by atoms with Crippen molar-refractivity contribution in [2.45, 2.75) is 6.92 Å². The molecule has 2 N–H and O–H groups in total. The summed E-state index contributed by atoms with van der Waals surface area (Å²) in [6.07, 6.45) is 0. The van der Waals surface area contributed by atoms with Gasteiger partial charge >= 0.3 is 0 Å². The summed E-state index contributed by atoms with van der Waals surface area (Å²) in [7, 11) is 0. The summed E-state index contributed by atoms with van der Waals surface area (Å²) in [6, 6.07) is 12.3. The van der Waals surface area contributed by atoms with E-state index in [2.05, 4.69) is 0 Å². The number of aryl methyl sites for hydroxylation is 1. The Morgan fingerprint density at radius 1 is 1.05 bits per heavy atom. The zero-order chi connectivity index (χ0) is 15.2. The van der Waals surface area contributed by atoms with Crippen LogP contribution >= 0.6 is 12.2 Å². The van der Waals surface area contributed by atoms with Crippen molar-refractivity contribution in [3.05, 3.63) is 59.4 Å². The van der Waals surface area contributed by atoms with Crippen molar-refractivity contribution >= 4 is 17.2 Å². The van der Waals surface area contributed by atoms with Crippen molar-refractivity contribution in [3.63, 3.8) is 0 Å². The summed E-state index contributed by atoms with van der Waals surface area (Å²) in [4.78, 5) is 0.274. The monoisotopic (exact) mass is 305 g/mol. The highest BCUT2D eigenvalue weighted by atomic mass is 32.1. The highest BCUT2D eigenvalue weighted by Crippen LogP contribution is 2.20. The minimum Gasteiger partial charge on any atom is -0.489 e. The molecule has 0 bridgehead atoms. The summed E-state index contributed by atoms with van der Waals surface area (Å²) in [5.74, 6) is 0.473. The fraction of sp³-hybridized carbons (Fsp3) is 0.188. The molecular weight excluding hydrogens is 289 g/mol. The van der Waals surface area contributed by atoms with E-state index < -0.39 is 0 Å². The predicted octanol–water partition coefficient (Wildman–Crippen LogP) is 3.23. The first-order valence-corrected chi connectivity index (χ1v) is 6.90. The van der Waals surface area contributed by atoms with Gasteiger partial charge < -0.3 is 15.2 Å².